The summed E-state index contributed by atoms with van der Waals surface area (Å²) in [6, 6.07) is 2.15. The van der Waals surface area contributed by atoms with Gasteiger partial charge in [-0.3, -0.25) is 9.79 Å². The second kappa shape index (κ2) is 7.77. The van der Waals surface area contributed by atoms with E-state index in [4.69, 9.17) is 4.99 Å². The van der Waals surface area contributed by atoms with Gasteiger partial charge in [0, 0.05) is 44.0 Å². The normalized spacial score (nSPS) is 19.9. The second-order valence-electron chi connectivity index (χ2n) is 7.76. The lowest BCUT2D eigenvalue weighted by Gasteiger charge is -2.27. The minimum absolute atomic E-state index is 0.221. The smallest absolute Gasteiger partial charge is 0.224 e. The summed E-state index contributed by atoms with van der Waals surface area (Å²) in [5, 5.41) is 5.51. The van der Waals surface area contributed by atoms with E-state index >= 15 is 0 Å². The lowest BCUT2D eigenvalue weighted by atomic mass is 9.93. The first-order chi connectivity index (χ1) is 12.0. The van der Waals surface area contributed by atoms with Crippen LogP contribution in [0.2, 0.25) is 0 Å². The van der Waals surface area contributed by atoms with Gasteiger partial charge in [0.25, 0.3) is 0 Å². The van der Waals surface area contributed by atoms with Crippen LogP contribution < -0.4 is 5.32 Å². The molecule has 6 heteroatoms. The first kappa shape index (κ1) is 18.2. The first-order valence-corrected chi connectivity index (χ1v) is 10.2. The van der Waals surface area contributed by atoms with E-state index in [1.165, 1.54) is 16.9 Å². The largest absolute Gasteiger partial charge is 0.357 e. The molecular formula is C19H30N4OS. The number of carbonyl (C=O) groups excluding carboxylic acids is 1. The van der Waals surface area contributed by atoms with Crippen LogP contribution in [0.1, 0.15) is 44.1 Å². The number of fused-ring (bicyclic) bond motifs is 1. The van der Waals surface area contributed by atoms with Gasteiger partial charge in [-0.15, -0.1) is 11.3 Å². The Bertz CT molecular complexity index is 637. The van der Waals surface area contributed by atoms with E-state index in [1.54, 1.807) is 11.3 Å². The van der Waals surface area contributed by atoms with Crippen molar-refractivity contribution in [3.8, 4) is 0 Å². The molecule has 1 saturated heterocycles. The second-order valence-corrected chi connectivity index (χ2v) is 8.76. The Morgan fingerprint density at radius 3 is 2.92 bits per heavy atom. The zero-order chi connectivity index (χ0) is 17.9. The van der Waals surface area contributed by atoms with Crippen LogP contribution in [0.3, 0.4) is 0 Å². The van der Waals surface area contributed by atoms with Crippen LogP contribution in [-0.4, -0.2) is 54.4 Å². The zero-order valence-corrected chi connectivity index (χ0v) is 16.5. The number of likely N-dealkylation sites (tertiary alicyclic amines) is 1. The maximum Gasteiger partial charge on any atom is 0.224 e. The number of carbonyl (C=O) groups is 1. The van der Waals surface area contributed by atoms with Gasteiger partial charge >= 0.3 is 0 Å². The maximum atomic E-state index is 12.5. The highest BCUT2D eigenvalue weighted by atomic mass is 32.1. The van der Waals surface area contributed by atoms with Gasteiger partial charge in [0.15, 0.2) is 5.96 Å². The number of hydrogen-bond acceptors (Lipinski definition) is 3. The summed E-state index contributed by atoms with van der Waals surface area (Å²) in [4.78, 5) is 23.0. The number of guanidine groups is 1. The molecule has 25 heavy (non-hydrogen) atoms. The summed E-state index contributed by atoms with van der Waals surface area (Å²) in [7, 11) is 0. The van der Waals surface area contributed by atoms with E-state index in [0.717, 1.165) is 45.1 Å². The Balaban J connectivity index is 1.53. The summed E-state index contributed by atoms with van der Waals surface area (Å²) < 4.78 is 0. The minimum atomic E-state index is 0.221. The molecular weight excluding hydrogens is 332 g/mol. The van der Waals surface area contributed by atoms with Crippen molar-refractivity contribution in [2.24, 2.45) is 10.4 Å². The number of rotatable bonds is 4. The van der Waals surface area contributed by atoms with E-state index in [1.807, 2.05) is 4.90 Å². The molecule has 0 bridgehead atoms. The van der Waals surface area contributed by atoms with Crippen molar-refractivity contribution >= 4 is 23.2 Å². The predicted octanol–water partition coefficient (Wildman–Crippen LogP) is 2.72. The van der Waals surface area contributed by atoms with E-state index in [-0.39, 0.29) is 5.91 Å². The van der Waals surface area contributed by atoms with Gasteiger partial charge in [0.1, 0.15) is 0 Å². The fourth-order valence-corrected chi connectivity index (χ4v) is 4.49. The monoisotopic (exact) mass is 362 g/mol. The third-order valence-electron chi connectivity index (χ3n) is 5.06. The highest BCUT2D eigenvalue weighted by Crippen LogP contribution is 2.28. The third kappa shape index (κ3) is 4.54. The number of nitrogens with one attached hydrogen (secondary N) is 1. The molecule has 0 saturated carbocycles. The third-order valence-corrected chi connectivity index (χ3v) is 6.08. The molecule has 1 fully saturated rings. The molecule has 2 aliphatic heterocycles. The number of amides is 1. The van der Waals surface area contributed by atoms with Gasteiger partial charge in [0.05, 0.1) is 6.54 Å². The molecule has 0 unspecified atom stereocenters. The highest BCUT2D eigenvalue weighted by Gasteiger charge is 2.31. The number of nitrogens with zero attached hydrogens (tertiary/aromatic N) is 3. The van der Waals surface area contributed by atoms with Gasteiger partial charge < -0.3 is 15.1 Å². The van der Waals surface area contributed by atoms with Crippen molar-refractivity contribution in [3.05, 3.63) is 21.9 Å². The summed E-state index contributed by atoms with van der Waals surface area (Å²) in [5.74, 6) is 1.18. The van der Waals surface area contributed by atoms with Gasteiger partial charge in [-0.25, -0.2) is 0 Å². The topological polar surface area (TPSA) is 47.9 Å². The Morgan fingerprint density at radius 1 is 1.36 bits per heavy atom. The van der Waals surface area contributed by atoms with Crippen LogP contribution in [-0.2, 0) is 17.8 Å². The molecule has 1 N–H and O–H groups in total. The van der Waals surface area contributed by atoms with Crippen LogP contribution in [0, 0.1) is 5.41 Å². The molecule has 2 aliphatic rings. The van der Waals surface area contributed by atoms with Crippen LogP contribution in [0.15, 0.2) is 16.4 Å². The molecule has 3 heterocycles. The Morgan fingerprint density at radius 2 is 2.20 bits per heavy atom. The van der Waals surface area contributed by atoms with Gasteiger partial charge in [-0.1, -0.05) is 13.8 Å². The number of thiophene rings is 1. The van der Waals surface area contributed by atoms with Crippen molar-refractivity contribution in [1.29, 1.82) is 0 Å². The lowest BCUT2D eigenvalue weighted by molar-refractivity contribution is -0.131. The molecule has 0 aromatic carbocycles. The van der Waals surface area contributed by atoms with Crippen LogP contribution in [0.5, 0.6) is 0 Å². The first-order valence-electron chi connectivity index (χ1n) is 9.35. The zero-order valence-electron chi connectivity index (χ0n) is 15.7. The molecule has 1 aromatic heterocycles. The quantitative estimate of drug-likeness (QED) is 0.662. The predicted molar refractivity (Wildman–Crippen MR) is 104 cm³/mol. The lowest BCUT2D eigenvalue weighted by Crippen LogP contribution is -2.41. The highest BCUT2D eigenvalue weighted by molar-refractivity contribution is 7.10. The Kier molecular flexibility index (Phi) is 5.67. The number of aliphatic imine (C=N–C) groups is 1. The number of hydrogen-bond donors (Lipinski definition) is 1. The van der Waals surface area contributed by atoms with Crippen molar-refractivity contribution in [1.82, 2.24) is 15.1 Å². The average Bonchev–Trinajstić information content (AvgIpc) is 3.19. The van der Waals surface area contributed by atoms with Gasteiger partial charge in [0.2, 0.25) is 5.91 Å². The summed E-state index contributed by atoms with van der Waals surface area (Å²) in [6.07, 6.45) is 2.67. The molecule has 0 spiro atoms. The Labute approximate surface area is 155 Å². The van der Waals surface area contributed by atoms with Crippen LogP contribution in [0.4, 0.5) is 0 Å². The molecule has 0 radical (unpaired) electrons. The summed E-state index contributed by atoms with van der Waals surface area (Å²) in [6.45, 7) is 11.8. The maximum absolute atomic E-state index is 12.5. The minimum Gasteiger partial charge on any atom is -0.357 e. The summed E-state index contributed by atoms with van der Waals surface area (Å²) in [5.41, 5.74) is 1.67. The molecule has 5 nitrogen and oxygen atoms in total. The molecule has 0 atom stereocenters. The van der Waals surface area contributed by atoms with Crippen molar-refractivity contribution in [2.75, 3.05) is 32.7 Å². The SMILES string of the molecule is CCNC(=NCCC(=O)N1CCc2sccc2C1)N1CCC(C)(C)C1. The van der Waals surface area contributed by atoms with E-state index in [2.05, 4.69) is 42.4 Å². The van der Waals surface area contributed by atoms with Crippen molar-refractivity contribution < 1.29 is 4.79 Å². The summed E-state index contributed by atoms with van der Waals surface area (Å²) >= 11 is 1.81. The fourth-order valence-electron chi connectivity index (χ4n) is 3.60. The Hall–Kier alpha value is -1.56. The van der Waals surface area contributed by atoms with Gasteiger partial charge in [-0.2, -0.15) is 0 Å². The molecule has 138 valence electrons. The van der Waals surface area contributed by atoms with Crippen molar-refractivity contribution in [2.45, 2.75) is 46.6 Å². The van der Waals surface area contributed by atoms with Crippen LogP contribution >= 0.6 is 11.3 Å². The molecule has 1 aromatic rings. The van der Waals surface area contributed by atoms with Crippen molar-refractivity contribution in [3.63, 3.8) is 0 Å². The molecule has 3 rings (SSSR count). The average molecular weight is 363 g/mol. The van der Waals surface area contributed by atoms with E-state index in [9.17, 15) is 4.79 Å². The van der Waals surface area contributed by atoms with Gasteiger partial charge in [-0.05, 0) is 42.2 Å². The fraction of sp³-hybridized carbons (Fsp3) is 0.684. The van der Waals surface area contributed by atoms with E-state index < -0.39 is 0 Å². The van der Waals surface area contributed by atoms with E-state index in [0.29, 0.717) is 18.4 Å². The molecule has 1 amide bonds. The standard InChI is InChI=1S/C19H30N4OS/c1-4-20-18(23-11-8-19(2,3)14-23)21-9-5-17(24)22-10-6-16-15(13-22)7-12-25-16/h7,12H,4-6,8-11,13-14H2,1-3H3,(H,20,21). The molecule has 0 aliphatic carbocycles. The van der Waals surface area contributed by atoms with Crippen LogP contribution in [0.25, 0.3) is 0 Å².